The van der Waals surface area contributed by atoms with Gasteiger partial charge in [-0.1, -0.05) is 0 Å². The third kappa shape index (κ3) is 3.94. The molecule has 0 saturated carbocycles. The van der Waals surface area contributed by atoms with Crippen LogP contribution in [0.1, 0.15) is 5.56 Å². The molecule has 0 unspecified atom stereocenters. The highest BCUT2D eigenvalue weighted by molar-refractivity contribution is 9.10. The molecular formula is C8H2BrF8NS. The maximum absolute atomic E-state index is 13.1. The molecule has 0 atom stereocenters. The van der Waals surface area contributed by atoms with E-state index in [-0.39, 0.29) is 10.8 Å². The summed E-state index contributed by atoms with van der Waals surface area (Å²) in [4.78, 5) is 1.84. The molecule has 1 aromatic rings. The lowest BCUT2D eigenvalue weighted by Crippen LogP contribution is -2.34. The molecule has 0 N–H and O–H groups in total. The third-order valence-corrected chi connectivity index (χ3v) is 2.98. The van der Waals surface area contributed by atoms with Gasteiger partial charge in [-0.15, -0.1) is 0 Å². The first-order valence-corrected chi connectivity index (χ1v) is 5.82. The molecular weight excluding hydrogens is 374 g/mol. The van der Waals surface area contributed by atoms with Gasteiger partial charge in [0.1, 0.15) is 4.60 Å². The molecule has 0 spiro atoms. The second-order valence-electron chi connectivity index (χ2n) is 3.12. The van der Waals surface area contributed by atoms with Gasteiger partial charge in [0.25, 0.3) is 0 Å². The Morgan fingerprint density at radius 3 is 1.95 bits per heavy atom. The first kappa shape index (κ1) is 16.5. The van der Waals surface area contributed by atoms with Crippen molar-refractivity contribution in [2.45, 2.75) is 22.5 Å². The van der Waals surface area contributed by atoms with Gasteiger partial charge in [-0.05, 0) is 33.8 Å². The van der Waals surface area contributed by atoms with Crippen LogP contribution in [0.4, 0.5) is 35.1 Å². The van der Waals surface area contributed by atoms with Gasteiger partial charge in [0, 0.05) is 11.1 Å². The van der Waals surface area contributed by atoms with E-state index < -0.39 is 39.8 Å². The van der Waals surface area contributed by atoms with Gasteiger partial charge in [0.15, 0.2) is 0 Å². The van der Waals surface area contributed by atoms with Gasteiger partial charge in [-0.3, -0.25) is 0 Å². The number of rotatable bonds is 2. The summed E-state index contributed by atoms with van der Waals surface area (Å²) in [6.45, 7) is 0. The molecule has 1 heterocycles. The lowest BCUT2D eigenvalue weighted by Gasteiger charge is -2.22. The number of hydrogen-bond acceptors (Lipinski definition) is 2. The molecule has 1 rings (SSSR count). The Balaban J connectivity index is 3.36. The topological polar surface area (TPSA) is 12.9 Å². The highest BCUT2D eigenvalue weighted by Gasteiger charge is 2.60. The summed E-state index contributed by atoms with van der Waals surface area (Å²) in [5, 5.41) is 0. The average Bonchev–Trinajstić information content (AvgIpc) is 2.12. The second-order valence-corrected chi connectivity index (χ2v) is 5.04. The van der Waals surface area contributed by atoms with E-state index in [9.17, 15) is 35.1 Å². The van der Waals surface area contributed by atoms with E-state index in [0.717, 1.165) is 0 Å². The SMILES string of the molecule is FC(F)(F)Sc1cc(Br)ncc1C(F)(F)C(F)(F)F. The largest absolute Gasteiger partial charge is 0.458 e. The number of halogens is 9. The van der Waals surface area contributed by atoms with Gasteiger partial charge in [-0.2, -0.15) is 35.1 Å². The fourth-order valence-electron chi connectivity index (χ4n) is 1.01. The van der Waals surface area contributed by atoms with E-state index in [1.807, 2.05) is 0 Å². The molecule has 108 valence electrons. The maximum Gasteiger partial charge on any atom is 0.458 e. The van der Waals surface area contributed by atoms with Crippen molar-refractivity contribution in [3.8, 4) is 0 Å². The van der Waals surface area contributed by atoms with Crippen LogP contribution in [0.3, 0.4) is 0 Å². The molecule has 0 amide bonds. The molecule has 0 aliphatic heterocycles. The van der Waals surface area contributed by atoms with Crippen molar-refractivity contribution in [1.29, 1.82) is 0 Å². The van der Waals surface area contributed by atoms with Crippen LogP contribution in [-0.4, -0.2) is 16.7 Å². The zero-order chi connectivity index (χ0) is 15.1. The van der Waals surface area contributed by atoms with Gasteiger partial charge in [0.2, 0.25) is 0 Å². The summed E-state index contributed by atoms with van der Waals surface area (Å²) in [6.07, 6.45) is -5.95. The molecule has 0 fully saturated rings. The zero-order valence-corrected chi connectivity index (χ0v) is 10.8. The number of alkyl halides is 8. The van der Waals surface area contributed by atoms with Crippen molar-refractivity contribution >= 4 is 27.7 Å². The van der Waals surface area contributed by atoms with Crippen molar-refractivity contribution < 1.29 is 35.1 Å². The molecule has 0 radical (unpaired) electrons. The molecule has 11 heteroatoms. The van der Waals surface area contributed by atoms with Gasteiger partial charge in [0.05, 0.1) is 5.56 Å². The van der Waals surface area contributed by atoms with Crippen molar-refractivity contribution in [3.05, 3.63) is 22.4 Å². The Morgan fingerprint density at radius 1 is 1.00 bits per heavy atom. The Labute approximate surface area is 113 Å². The lowest BCUT2D eigenvalue weighted by molar-refractivity contribution is -0.290. The fourth-order valence-corrected chi connectivity index (χ4v) is 2.20. The average molecular weight is 376 g/mol. The second kappa shape index (κ2) is 5.08. The van der Waals surface area contributed by atoms with Crippen LogP contribution < -0.4 is 0 Å². The van der Waals surface area contributed by atoms with E-state index in [2.05, 4.69) is 20.9 Å². The minimum atomic E-state index is -6.01. The van der Waals surface area contributed by atoms with Gasteiger partial charge in [-0.25, -0.2) is 4.98 Å². The molecule has 0 aliphatic rings. The van der Waals surface area contributed by atoms with E-state index >= 15 is 0 Å². The van der Waals surface area contributed by atoms with Crippen LogP contribution in [0, 0.1) is 0 Å². The number of thioether (sulfide) groups is 1. The summed E-state index contributed by atoms with van der Waals surface area (Å²) in [5.74, 6) is -5.42. The van der Waals surface area contributed by atoms with E-state index in [1.54, 1.807) is 0 Å². The molecule has 19 heavy (non-hydrogen) atoms. The van der Waals surface area contributed by atoms with Gasteiger partial charge >= 0.3 is 17.6 Å². The lowest BCUT2D eigenvalue weighted by atomic mass is 10.1. The van der Waals surface area contributed by atoms with Crippen molar-refractivity contribution in [3.63, 3.8) is 0 Å². The number of aromatic nitrogens is 1. The molecule has 0 aromatic carbocycles. The quantitative estimate of drug-likeness (QED) is 0.404. The predicted octanol–water partition coefficient (Wildman–Crippen LogP) is 5.11. The molecule has 1 aromatic heterocycles. The number of hydrogen-bond donors (Lipinski definition) is 0. The predicted molar refractivity (Wildman–Crippen MR) is 53.8 cm³/mol. The van der Waals surface area contributed by atoms with Crippen LogP contribution >= 0.6 is 27.7 Å². The molecule has 0 bridgehead atoms. The van der Waals surface area contributed by atoms with Crippen LogP contribution in [0.25, 0.3) is 0 Å². The smallest absolute Gasteiger partial charge is 0.249 e. The standard InChI is InChI=1S/C8H2BrF8NS/c9-5-1-4(19-8(15,16)17)3(2-18-5)6(10,11)7(12,13)14/h1-2H. The maximum atomic E-state index is 13.1. The van der Waals surface area contributed by atoms with Crippen LogP contribution in [-0.2, 0) is 5.92 Å². The summed E-state index contributed by atoms with van der Waals surface area (Å²) < 4.78 is 98.7. The Hall–Kier alpha value is -0.580. The van der Waals surface area contributed by atoms with Crippen molar-refractivity contribution in [2.75, 3.05) is 0 Å². The van der Waals surface area contributed by atoms with Crippen LogP contribution in [0.15, 0.2) is 21.8 Å². The van der Waals surface area contributed by atoms with Crippen LogP contribution in [0.5, 0.6) is 0 Å². The van der Waals surface area contributed by atoms with Crippen LogP contribution in [0.2, 0.25) is 0 Å². The summed E-state index contributed by atoms with van der Waals surface area (Å²) in [7, 11) is 0. The van der Waals surface area contributed by atoms with E-state index in [1.165, 1.54) is 0 Å². The molecule has 0 saturated heterocycles. The third-order valence-electron chi connectivity index (χ3n) is 1.75. The fraction of sp³-hybridized carbons (Fsp3) is 0.375. The number of pyridine rings is 1. The van der Waals surface area contributed by atoms with Crippen molar-refractivity contribution in [1.82, 2.24) is 4.98 Å². The van der Waals surface area contributed by atoms with Crippen molar-refractivity contribution in [2.24, 2.45) is 0 Å². The van der Waals surface area contributed by atoms with E-state index in [4.69, 9.17) is 0 Å². The minimum absolute atomic E-state index is 0.0612. The highest BCUT2D eigenvalue weighted by atomic mass is 79.9. The Kier molecular flexibility index (Phi) is 4.40. The normalized spacial score (nSPS) is 13.7. The Bertz CT molecular complexity index is 469. The highest BCUT2D eigenvalue weighted by Crippen LogP contribution is 2.49. The summed E-state index contributed by atoms with van der Waals surface area (Å²) in [6, 6.07) is 0.452. The zero-order valence-electron chi connectivity index (χ0n) is 8.41. The molecule has 0 aliphatic carbocycles. The van der Waals surface area contributed by atoms with E-state index in [0.29, 0.717) is 6.07 Å². The monoisotopic (exact) mass is 375 g/mol. The first-order chi connectivity index (χ1) is 8.34. The molecule has 1 nitrogen and oxygen atoms in total. The summed E-state index contributed by atoms with van der Waals surface area (Å²) >= 11 is 1.54. The first-order valence-electron chi connectivity index (χ1n) is 4.21. The number of nitrogens with zero attached hydrogens (tertiary/aromatic N) is 1. The summed E-state index contributed by atoms with van der Waals surface area (Å²) in [5.41, 5.74) is -6.84. The van der Waals surface area contributed by atoms with Gasteiger partial charge < -0.3 is 0 Å². The minimum Gasteiger partial charge on any atom is -0.249 e. The Morgan fingerprint density at radius 2 is 1.53 bits per heavy atom.